The number of phenolic OH excluding ortho intramolecular Hbond substituents is 1. The van der Waals surface area contributed by atoms with Gasteiger partial charge in [-0.2, -0.15) is 5.10 Å². The van der Waals surface area contributed by atoms with Crippen molar-refractivity contribution in [3.8, 4) is 5.75 Å². The van der Waals surface area contributed by atoms with Crippen molar-refractivity contribution in [1.82, 2.24) is 9.99 Å². The number of aromatic hydroxyl groups is 1. The van der Waals surface area contributed by atoms with E-state index in [1.165, 1.54) is 30.5 Å². The zero-order valence-electron chi connectivity index (χ0n) is 13.3. The van der Waals surface area contributed by atoms with Crippen LogP contribution in [0.5, 0.6) is 5.75 Å². The molecule has 1 heterocycles. The molecule has 0 spiro atoms. The monoisotopic (exact) mass is 337 g/mol. The number of rotatable bonds is 5. The molecule has 0 fully saturated rings. The van der Waals surface area contributed by atoms with E-state index >= 15 is 0 Å². The van der Waals surface area contributed by atoms with Crippen LogP contribution in [0.1, 0.15) is 21.6 Å². The average Bonchev–Trinajstić information content (AvgIpc) is 3.04. The molecule has 2 N–H and O–H groups in total. The molecule has 0 radical (unpaired) electrons. The van der Waals surface area contributed by atoms with Gasteiger partial charge in [0.05, 0.1) is 11.9 Å². The van der Waals surface area contributed by atoms with E-state index in [4.69, 9.17) is 0 Å². The Balaban J connectivity index is 1.65. The highest BCUT2D eigenvalue weighted by Crippen LogP contribution is 2.11. The summed E-state index contributed by atoms with van der Waals surface area (Å²) in [6.45, 7) is 0.565. The third-order valence-corrected chi connectivity index (χ3v) is 3.60. The first-order valence-corrected chi connectivity index (χ1v) is 7.64. The van der Waals surface area contributed by atoms with E-state index in [-0.39, 0.29) is 11.6 Å². The zero-order chi connectivity index (χ0) is 17.6. The van der Waals surface area contributed by atoms with Crippen molar-refractivity contribution in [1.29, 1.82) is 0 Å². The van der Waals surface area contributed by atoms with Crippen LogP contribution in [-0.2, 0) is 6.54 Å². The van der Waals surface area contributed by atoms with Crippen molar-refractivity contribution < 1.29 is 14.3 Å². The highest BCUT2D eigenvalue weighted by molar-refractivity contribution is 5.95. The van der Waals surface area contributed by atoms with Crippen LogP contribution in [-0.4, -0.2) is 21.8 Å². The first-order chi connectivity index (χ1) is 12.1. The summed E-state index contributed by atoms with van der Waals surface area (Å²) in [6.07, 6.45) is 3.41. The van der Waals surface area contributed by atoms with Gasteiger partial charge in [0.25, 0.3) is 5.91 Å². The number of carbonyl (C=O) groups excluding carboxylic acids is 1. The van der Waals surface area contributed by atoms with Crippen LogP contribution in [0.15, 0.2) is 72.0 Å². The molecule has 0 aliphatic carbocycles. The topological polar surface area (TPSA) is 66.6 Å². The van der Waals surface area contributed by atoms with Crippen LogP contribution in [0.4, 0.5) is 4.39 Å². The van der Waals surface area contributed by atoms with Crippen molar-refractivity contribution in [2.24, 2.45) is 5.10 Å². The fourth-order valence-corrected chi connectivity index (χ4v) is 2.34. The van der Waals surface area contributed by atoms with Gasteiger partial charge in [0.2, 0.25) is 0 Å². The van der Waals surface area contributed by atoms with Crippen molar-refractivity contribution in [2.75, 3.05) is 0 Å². The number of nitrogens with one attached hydrogen (secondary N) is 1. The lowest BCUT2D eigenvalue weighted by Crippen LogP contribution is -2.17. The Kier molecular flexibility index (Phi) is 4.89. The van der Waals surface area contributed by atoms with Gasteiger partial charge in [0, 0.05) is 18.3 Å². The van der Waals surface area contributed by atoms with Crippen molar-refractivity contribution >= 4 is 12.1 Å². The first kappa shape index (κ1) is 16.4. The molecule has 5 nitrogen and oxygen atoms in total. The van der Waals surface area contributed by atoms with Gasteiger partial charge in [-0.3, -0.25) is 4.79 Å². The van der Waals surface area contributed by atoms with Crippen LogP contribution in [0.2, 0.25) is 0 Å². The standard InChI is InChI=1S/C19H16FN3O2/c20-16-8-6-14(7-9-16)13-23-10-2-4-17(23)12-21-22-19(25)15-3-1-5-18(24)11-15/h1-12,24H,13H2,(H,22,25)/b21-12+. The van der Waals surface area contributed by atoms with Gasteiger partial charge in [-0.15, -0.1) is 0 Å². The molecule has 0 bridgehead atoms. The summed E-state index contributed by atoms with van der Waals surface area (Å²) in [5.74, 6) is -0.665. The molecule has 126 valence electrons. The van der Waals surface area contributed by atoms with Gasteiger partial charge in [-0.1, -0.05) is 18.2 Å². The Bertz CT molecular complexity index is 901. The molecule has 0 saturated heterocycles. The summed E-state index contributed by atoms with van der Waals surface area (Å²) in [5.41, 5.74) is 4.48. The van der Waals surface area contributed by atoms with E-state index in [9.17, 15) is 14.3 Å². The number of amides is 1. The number of benzene rings is 2. The van der Waals surface area contributed by atoms with Gasteiger partial charge in [-0.05, 0) is 48.0 Å². The van der Waals surface area contributed by atoms with E-state index in [0.29, 0.717) is 12.1 Å². The number of hydrogen-bond acceptors (Lipinski definition) is 3. The molecular formula is C19H16FN3O2. The number of hydrazone groups is 1. The number of nitrogens with zero attached hydrogens (tertiary/aromatic N) is 2. The van der Waals surface area contributed by atoms with Crippen molar-refractivity contribution in [3.63, 3.8) is 0 Å². The molecule has 1 amide bonds. The molecule has 0 unspecified atom stereocenters. The van der Waals surface area contributed by atoms with Crippen LogP contribution in [0.3, 0.4) is 0 Å². The minimum absolute atomic E-state index is 0.0183. The summed E-state index contributed by atoms with van der Waals surface area (Å²) in [7, 11) is 0. The summed E-state index contributed by atoms with van der Waals surface area (Å²) in [5, 5.41) is 13.3. The lowest BCUT2D eigenvalue weighted by molar-refractivity contribution is 0.0954. The maximum atomic E-state index is 13.0. The highest BCUT2D eigenvalue weighted by atomic mass is 19.1. The highest BCUT2D eigenvalue weighted by Gasteiger charge is 2.05. The molecule has 0 aliphatic heterocycles. The molecule has 0 aliphatic rings. The second kappa shape index (κ2) is 7.44. The molecular weight excluding hydrogens is 321 g/mol. The molecule has 0 saturated carbocycles. The average molecular weight is 337 g/mol. The SMILES string of the molecule is O=C(N/N=C/c1cccn1Cc1ccc(F)cc1)c1cccc(O)c1. The molecule has 1 aromatic heterocycles. The van der Waals surface area contributed by atoms with E-state index in [1.807, 2.05) is 22.9 Å². The number of carbonyl (C=O) groups is 1. The number of halogens is 1. The molecule has 25 heavy (non-hydrogen) atoms. The van der Waals surface area contributed by atoms with Gasteiger partial charge in [0.15, 0.2) is 0 Å². The molecule has 6 heteroatoms. The van der Waals surface area contributed by atoms with E-state index in [2.05, 4.69) is 10.5 Å². The summed E-state index contributed by atoms with van der Waals surface area (Å²) < 4.78 is 14.9. The second-order valence-electron chi connectivity index (χ2n) is 5.44. The minimum Gasteiger partial charge on any atom is -0.508 e. The van der Waals surface area contributed by atoms with E-state index in [0.717, 1.165) is 11.3 Å². The zero-order valence-corrected chi connectivity index (χ0v) is 13.3. The first-order valence-electron chi connectivity index (χ1n) is 7.64. The fourth-order valence-electron chi connectivity index (χ4n) is 2.34. The minimum atomic E-state index is -0.413. The lowest BCUT2D eigenvalue weighted by atomic mass is 10.2. The van der Waals surface area contributed by atoms with Gasteiger partial charge >= 0.3 is 0 Å². The molecule has 3 aromatic rings. The van der Waals surface area contributed by atoms with E-state index < -0.39 is 5.91 Å². The molecule has 0 atom stereocenters. The maximum Gasteiger partial charge on any atom is 0.271 e. The summed E-state index contributed by atoms with van der Waals surface area (Å²) in [6, 6.07) is 16.0. The van der Waals surface area contributed by atoms with Crippen LogP contribution in [0.25, 0.3) is 0 Å². The predicted molar refractivity (Wildman–Crippen MR) is 93.1 cm³/mol. The smallest absolute Gasteiger partial charge is 0.271 e. The van der Waals surface area contributed by atoms with Crippen LogP contribution >= 0.6 is 0 Å². The summed E-state index contributed by atoms with van der Waals surface area (Å²) >= 11 is 0. The van der Waals surface area contributed by atoms with Crippen LogP contribution < -0.4 is 5.43 Å². The predicted octanol–water partition coefficient (Wildman–Crippen LogP) is 3.15. The molecule has 2 aromatic carbocycles. The quantitative estimate of drug-likeness (QED) is 0.555. The Hall–Kier alpha value is -3.41. The second-order valence-corrected chi connectivity index (χ2v) is 5.44. The normalized spacial score (nSPS) is 10.9. The maximum absolute atomic E-state index is 13.0. The van der Waals surface area contributed by atoms with Gasteiger partial charge < -0.3 is 9.67 Å². The van der Waals surface area contributed by atoms with Gasteiger partial charge in [0.1, 0.15) is 11.6 Å². The Morgan fingerprint density at radius 3 is 2.72 bits per heavy atom. The Morgan fingerprint density at radius 2 is 1.96 bits per heavy atom. The number of aromatic nitrogens is 1. The third kappa shape index (κ3) is 4.32. The van der Waals surface area contributed by atoms with Gasteiger partial charge in [-0.25, -0.2) is 9.82 Å². The van der Waals surface area contributed by atoms with E-state index in [1.54, 1.807) is 24.3 Å². The number of hydrogen-bond donors (Lipinski definition) is 2. The molecule has 3 rings (SSSR count). The Labute approximate surface area is 144 Å². The third-order valence-electron chi connectivity index (χ3n) is 3.60. The fraction of sp³-hybridized carbons (Fsp3) is 0.0526. The summed E-state index contributed by atoms with van der Waals surface area (Å²) in [4.78, 5) is 12.0. The number of phenols is 1. The van der Waals surface area contributed by atoms with Crippen molar-refractivity contribution in [2.45, 2.75) is 6.54 Å². The Morgan fingerprint density at radius 1 is 1.16 bits per heavy atom. The largest absolute Gasteiger partial charge is 0.508 e. The lowest BCUT2D eigenvalue weighted by Gasteiger charge is -2.06. The van der Waals surface area contributed by atoms with Crippen molar-refractivity contribution in [3.05, 3.63) is 89.5 Å². The van der Waals surface area contributed by atoms with Crippen LogP contribution in [0, 0.1) is 5.82 Å².